The van der Waals surface area contributed by atoms with E-state index < -0.39 is 26.5 Å². The number of ether oxygens (including phenoxy) is 2. The summed E-state index contributed by atoms with van der Waals surface area (Å²) in [5.41, 5.74) is 0.186. The Balaban J connectivity index is 2.61. The summed E-state index contributed by atoms with van der Waals surface area (Å²) in [6.45, 7) is 21.1. The second kappa shape index (κ2) is 15.0. The van der Waals surface area contributed by atoms with E-state index in [0.29, 0.717) is 0 Å². The summed E-state index contributed by atoms with van der Waals surface area (Å²) in [6.07, 6.45) is 15.7. The molecule has 0 radical (unpaired) electrons. The van der Waals surface area contributed by atoms with E-state index in [1.54, 1.807) is 7.39 Å². The van der Waals surface area contributed by atoms with Crippen LogP contribution >= 0.6 is 11.3 Å². The van der Waals surface area contributed by atoms with E-state index >= 15 is 0 Å². The van der Waals surface area contributed by atoms with Gasteiger partial charge in [-0.3, -0.25) is 0 Å². The fraction of sp³-hybridized carbons (Fsp3) is 0.867. The van der Waals surface area contributed by atoms with Crippen LogP contribution in [-0.4, -0.2) is 39.7 Å². The van der Waals surface area contributed by atoms with Gasteiger partial charge >= 0.3 is 229 Å². The molecule has 5 heteroatoms. The monoisotopic (exact) mass is 630 g/mol. The molecule has 1 aromatic heterocycles. The molecule has 0 amide bonds. The number of hydrogen-bond acceptors (Lipinski definition) is 3. The second-order valence-corrected chi connectivity index (χ2v) is 33.0. The molecule has 2 heterocycles. The van der Waals surface area contributed by atoms with E-state index in [2.05, 4.69) is 65.6 Å². The maximum absolute atomic E-state index is 7.07. The molecule has 0 saturated heterocycles. The first-order chi connectivity index (χ1) is 16.7. The first kappa shape index (κ1) is 31.5. The van der Waals surface area contributed by atoms with Gasteiger partial charge in [-0.25, -0.2) is 0 Å². The predicted molar refractivity (Wildman–Crippen MR) is 164 cm³/mol. The minimum atomic E-state index is -2.63. The van der Waals surface area contributed by atoms with Crippen LogP contribution in [0.15, 0.2) is 0 Å². The fourth-order valence-electron chi connectivity index (χ4n) is 5.78. The van der Waals surface area contributed by atoms with Crippen molar-refractivity contribution in [3.05, 3.63) is 0 Å². The Bertz CT molecular complexity index is 710. The number of thiophene rings is 1. The van der Waals surface area contributed by atoms with Crippen LogP contribution in [0.3, 0.4) is 0 Å². The zero-order valence-corrected chi connectivity index (χ0v) is 29.4. The van der Waals surface area contributed by atoms with Crippen molar-refractivity contribution in [1.82, 2.24) is 0 Å². The molecule has 0 N–H and O–H groups in total. The third kappa shape index (κ3) is 8.40. The Morgan fingerprint density at radius 3 is 1.51 bits per heavy atom. The van der Waals surface area contributed by atoms with Crippen LogP contribution in [0.25, 0.3) is 0 Å². The van der Waals surface area contributed by atoms with Gasteiger partial charge in [0.25, 0.3) is 0 Å². The third-order valence-electron chi connectivity index (χ3n) is 8.18. The molecular formula is C30H58O2SSiSn. The van der Waals surface area contributed by atoms with Gasteiger partial charge < -0.3 is 0 Å². The normalized spacial score (nSPS) is 15.9. The Morgan fingerprint density at radius 2 is 1.11 bits per heavy atom. The molecule has 0 fully saturated rings. The zero-order valence-electron chi connectivity index (χ0n) is 24.7. The van der Waals surface area contributed by atoms with Gasteiger partial charge in [-0.15, -0.1) is 0 Å². The predicted octanol–water partition coefficient (Wildman–Crippen LogP) is 9.49. The summed E-state index contributed by atoms with van der Waals surface area (Å²) in [5, 5.41) is 0. The van der Waals surface area contributed by atoms with Crippen molar-refractivity contribution >= 4 is 45.2 Å². The van der Waals surface area contributed by atoms with Crippen molar-refractivity contribution in [1.29, 1.82) is 0 Å². The molecule has 0 bridgehead atoms. The molecule has 204 valence electrons. The van der Waals surface area contributed by atoms with Crippen molar-refractivity contribution in [3.8, 4) is 11.5 Å². The SMILES string of the molecule is CCCCC1(CCCC)COc2c([Si](C)(C)C)s[c]([Sn]([CH2]CCC)([CH2]CCC)[CH2]CCC)c2OC1. The van der Waals surface area contributed by atoms with Crippen LogP contribution in [0, 0.1) is 5.41 Å². The van der Waals surface area contributed by atoms with Crippen molar-refractivity contribution in [2.75, 3.05) is 13.2 Å². The Hall–Kier alpha value is 0.316. The minimum absolute atomic E-state index is 0.186. The van der Waals surface area contributed by atoms with Crippen LogP contribution in [0.4, 0.5) is 0 Å². The molecule has 0 atom stereocenters. The third-order valence-corrected chi connectivity index (χ3v) is 31.1. The standard InChI is InChI=1S/C18H31O2SSi.3C4H9.Sn/c1-6-8-10-18(11-9-7-2)13-19-15-12-21-17(22(3,4)5)16(15)20-14-18;3*1-3-4-2;/h6-11,13-14H2,1-5H3;3*1,3-4H2,2H3;. The van der Waals surface area contributed by atoms with Gasteiger partial charge in [-0.1, -0.05) is 0 Å². The van der Waals surface area contributed by atoms with Gasteiger partial charge in [-0.2, -0.15) is 0 Å². The first-order valence-corrected chi connectivity index (χ1v) is 27.0. The Labute approximate surface area is 228 Å². The average molecular weight is 630 g/mol. The number of hydrogen-bond donors (Lipinski definition) is 0. The zero-order chi connectivity index (χ0) is 26.0. The van der Waals surface area contributed by atoms with Crippen molar-refractivity contribution in [2.45, 2.75) is 145 Å². The van der Waals surface area contributed by atoms with E-state index in [4.69, 9.17) is 9.47 Å². The van der Waals surface area contributed by atoms with Crippen LogP contribution < -0.4 is 16.9 Å². The summed E-state index contributed by atoms with van der Waals surface area (Å²) in [4.78, 5) is 0. The van der Waals surface area contributed by atoms with E-state index in [0.717, 1.165) is 13.2 Å². The molecule has 35 heavy (non-hydrogen) atoms. The molecule has 2 nitrogen and oxygen atoms in total. The fourth-order valence-corrected chi connectivity index (χ4v) is 29.6. The summed E-state index contributed by atoms with van der Waals surface area (Å²) < 4.78 is 21.9. The molecule has 0 saturated carbocycles. The van der Waals surface area contributed by atoms with Crippen molar-refractivity contribution < 1.29 is 9.47 Å². The number of rotatable bonds is 17. The van der Waals surface area contributed by atoms with E-state index in [-0.39, 0.29) is 5.41 Å². The van der Waals surface area contributed by atoms with Gasteiger partial charge in [-0.05, 0) is 0 Å². The van der Waals surface area contributed by atoms with Gasteiger partial charge in [0, 0.05) is 0 Å². The van der Waals surface area contributed by atoms with Crippen LogP contribution in [0.2, 0.25) is 33.0 Å². The molecule has 0 aromatic carbocycles. The molecule has 2 rings (SSSR count). The first-order valence-electron chi connectivity index (χ1n) is 15.2. The van der Waals surface area contributed by atoms with E-state index in [1.165, 1.54) is 102 Å². The summed E-state index contributed by atoms with van der Waals surface area (Å²) >= 11 is -0.439. The molecule has 1 aromatic rings. The topological polar surface area (TPSA) is 18.5 Å². The summed E-state index contributed by atoms with van der Waals surface area (Å²) in [6, 6.07) is 0. The van der Waals surface area contributed by atoms with Crippen molar-refractivity contribution in [2.24, 2.45) is 5.41 Å². The van der Waals surface area contributed by atoms with Crippen LogP contribution in [0.5, 0.6) is 11.5 Å². The molecule has 0 spiro atoms. The number of unbranched alkanes of at least 4 members (excludes halogenated alkanes) is 5. The van der Waals surface area contributed by atoms with Gasteiger partial charge in [0.05, 0.1) is 0 Å². The maximum atomic E-state index is 7.07. The molecule has 1 aliphatic rings. The number of fused-ring (bicyclic) bond motifs is 1. The Kier molecular flexibility index (Phi) is 13.6. The van der Waals surface area contributed by atoms with E-state index in [9.17, 15) is 0 Å². The van der Waals surface area contributed by atoms with Crippen molar-refractivity contribution in [3.63, 3.8) is 0 Å². The summed E-state index contributed by atoms with van der Waals surface area (Å²) in [5.74, 6) is 2.48. The summed E-state index contributed by atoms with van der Waals surface area (Å²) in [7, 11) is -1.54. The van der Waals surface area contributed by atoms with Gasteiger partial charge in [0.2, 0.25) is 0 Å². The molecular weight excluding hydrogens is 571 g/mol. The quantitative estimate of drug-likeness (QED) is 0.160. The van der Waals surface area contributed by atoms with Crippen LogP contribution in [0.1, 0.15) is 112 Å². The van der Waals surface area contributed by atoms with Gasteiger partial charge in [0.15, 0.2) is 0 Å². The molecule has 1 aliphatic heterocycles. The average Bonchev–Trinajstić information content (AvgIpc) is 3.13. The van der Waals surface area contributed by atoms with E-state index in [1.807, 2.05) is 0 Å². The van der Waals surface area contributed by atoms with Gasteiger partial charge in [0.1, 0.15) is 0 Å². The second-order valence-electron chi connectivity index (χ2n) is 12.5. The molecule has 0 unspecified atom stereocenters. The molecule has 0 aliphatic carbocycles. The van der Waals surface area contributed by atoms with Crippen LogP contribution in [-0.2, 0) is 0 Å². The Morgan fingerprint density at radius 1 is 0.686 bits per heavy atom.